The van der Waals surface area contributed by atoms with E-state index in [-0.39, 0.29) is 11.1 Å². The van der Waals surface area contributed by atoms with E-state index in [2.05, 4.69) is 4.74 Å². The highest BCUT2D eigenvalue weighted by Crippen LogP contribution is 2.49. The van der Waals surface area contributed by atoms with Gasteiger partial charge in [0.15, 0.2) is 0 Å². The Labute approximate surface area is 163 Å². The Balaban J connectivity index is 2.02. The lowest BCUT2D eigenvalue weighted by molar-refractivity contribution is -0.0669. The lowest BCUT2D eigenvalue weighted by Gasteiger charge is -2.26. The molecule has 0 radical (unpaired) electrons. The minimum absolute atomic E-state index is 0.0150. The number of ether oxygens (including phenoxy) is 2. The Hall–Kier alpha value is -2.84. The number of hydrogen-bond acceptors (Lipinski definition) is 3. The molecule has 0 fully saturated rings. The molecule has 1 aliphatic carbocycles. The molecule has 0 saturated heterocycles. The monoisotopic (exact) mass is 415 g/mol. The Morgan fingerprint density at radius 2 is 1.83 bits per heavy atom. The van der Waals surface area contributed by atoms with Gasteiger partial charge in [-0.3, -0.25) is 0 Å². The van der Waals surface area contributed by atoms with Crippen molar-refractivity contribution < 1.29 is 36.2 Å². The van der Waals surface area contributed by atoms with E-state index in [0.717, 1.165) is 24.3 Å². The molecule has 1 aliphatic rings. The molecule has 3 rings (SSSR count). The molecule has 0 saturated carbocycles. The Morgan fingerprint density at radius 1 is 1.14 bits per heavy atom. The van der Waals surface area contributed by atoms with Crippen LogP contribution < -0.4 is 10.5 Å². The summed E-state index contributed by atoms with van der Waals surface area (Å²) in [6, 6.07) is 5.39. The highest BCUT2D eigenvalue weighted by molar-refractivity contribution is 5.69. The van der Waals surface area contributed by atoms with Crippen LogP contribution in [0.1, 0.15) is 31.1 Å². The SMILES string of the molecule is CC1(C)Cc2cc(-c3cc(F)cc(OC(F)C(F)F)c3)c(F)cc2[C@@H]1OC(N)=O. The van der Waals surface area contributed by atoms with Crippen LogP contribution >= 0.6 is 0 Å². The van der Waals surface area contributed by atoms with Crippen LogP contribution in [0.15, 0.2) is 30.3 Å². The molecule has 2 aromatic rings. The Kier molecular flexibility index (Phi) is 5.42. The van der Waals surface area contributed by atoms with Crippen molar-refractivity contribution in [1.29, 1.82) is 0 Å². The number of alkyl halides is 3. The number of halogens is 5. The van der Waals surface area contributed by atoms with E-state index in [1.807, 2.05) is 13.8 Å². The van der Waals surface area contributed by atoms with Gasteiger partial charge in [-0.15, -0.1) is 0 Å². The first kappa shape index (κ1) is 20.9. The van der Waals surface area contributed by atoms with Crippen LogP contribution in [0.4, 0.5) is 26.7 Å². The van der Waals surface area contributed by atoms with Gasteiger partial charge in [0.1, 0.15) is 23.5 Å². The molecule has 2 N–H and O–H groups in total. The van der Waals surface area contributed by atoms with E-state index in [9.17, 15) is 26.7 Å². The van der Waals surface area contributed by atoms with Crippen LogP contribution in [0.3, 0.4) is 0 Å². The zero-order valence-corrected chi connectivity index (χ0v) is 15.5. The van der Waals surface area contributed by atoms with Crippen LogP contribution in [0.2, 0.25) is 0 Å². The van der Waals surface area contributed by atoms with E-state index < -0.39 is 47.8 Å². The van der Waals surface area contributed by atoms with E-state index in [1.54, 1.807) is 0 Å². The number of rotatable bonds is 5. The predicted octanol–water partition coefficient (Wildman–Crippen LogP) is 5.29. The zero-order chi connectivity index (χ0) is 21.5. The third-order valence-corrected chi connectivity index (χ3v) is 4.73. The molecule has 0 aliphatic heterocycles. The van der Waals surface area contributed by atoms with Crippen molar-refractivity contribution in [1.82, 2.24) is 0 Å². The molecular weight excluding hydrogens is 397 g/mol. The molecular formula is C20H18F5NO3. The third kappa shape index (κ3) is 4.28. The summed E-state index contributed by atoms with van der Waals surface area (Å²) in [5.41, 5.74) is 5.59. The topological polar surface area (TPSA) is 61.6 Å². The lowest BCUT2D eigenvalue weighted by atomic mass is 9.87. The molecule has 2 atom stereocenters. The van der Waals surface area contributed by atoms with Gasteiger partial charge in [-0.1, -0.05) is 13.8 Å². The number of fused-ring (bicyclic) bond motifs is 1. The van der Waals surface area contributed by atoms with Gasteiger partial charge in [-0.2, -0.15) is 4.39 Å². The third-order valence-electron chi connectivity index (χ3n) is 4.73. The fourth-order valence-electron chi connectivity index (χ4n) is 3.56. The maximum atomic E-state index is 14.8. The second kappa shape index (κ2) is 7.53. The van der Waals surface area contributed by atoms with E-state index >= 15 is 0 Å². The van der Waals surface area contributed by atoms with Crippen molar-refractivity contribution >= 4 is 6.09 Å². The Morgan fingerprint density at radius 3 is 2.45 bits per heavy atom. The Bertz CT molecular complexity index is 948. The average molecular weight is 415 g/mol. The number of hydrogen-bond donors (Lipinski definition) is 1. The van der Waals surface area contributed by atoms with Gasteiger partial charge >= 0.3 is 12.5 Å². The standard InChI is InChI=1S/C20H18F5NO3/c1-20(2)8-10-5-13(15(22)7-14(10)16(20)29-19(26)27)9-3-11(21)6-12(4-9)28-18(25)17(23)24/h3-7,16-18H,8H2,1-2H3,(H2,26,27)/t16-,18?/m0/s1. The fraction of sp³-hybridized carbons (Fsp3) is 0.350. The lowest BCUT2D eigenvalue weighted by Crippen LogP contribution is -2.25. The van der Waals surface area contributed by atoms with Crippen molar-refractivity contribution in [2.45, 2.75) is 39.2 Å². The van der Waals surface area contributed by atoms with E-state index in [1.165, 1.54) is 6.07 Å². The fourth-order valence-corrected chi connectivity index (χ4v) is 3.56. The van der Waals surface area contributed by atoms with Gasteiger partial charge in [0.2, 0.25) is 0 Å². The molecule has 0 spiro atoms. The first-order chi connectivity index (χ1) is 13.5. The second-order valence-corrected chi connectivity index (χ2v) is 7.49. The highest BCUT2D eigenvalue weighted by Gasteiger charge is 2.42. The molecule has 156 valence electrons. The van der Waals surface area contributed by atoms with Gasteiger partial charge < -0.3 is 15.2 Å². The van der Waals surface area contributed by atoms with Crippen molar-refractivity contribution in [3.8, 4) is 16.9 Å². The van der Waals surface area contributed by atoms with Gasteiger partial charge in [-0.25, -0.2) is 22.4 Å². The summed E-state index contributed by atoms with van der Waals surface area (Å²) in [6.45, 7) is 3.64. The summed E-state index contributed by atoms with van der Waals surface area (Å²) >= 11 is 0. The number of carbonyl (C=O) groups excluding carboxylic acids is 1. The van der Waals surface area contributed by atoms with Crippen molar-refractivity contribution in [3.63, 3.8) is 0 Å². The predicted molar refractivity (Wildman–Crippen MR) is 94.2 cm³/mol. The summed E-state index contributed by atoms with van der Waals surface area (Å²) in [5.74, 6) is -2.17. The number of nitrogens with two attached hydrogens (primary N) is 1. The minimum atomic E-state index is -3.41. The smallest absolute Gasteiger partial charge is 0.405 e. The van der Waals surface area contributed by atoms with Gasteiger partial charge in [0.25, 0.3) is 6.36 Å². The van der Waals surface area contributed by atoms with Crippen molar-refractivity contribution in [2.75, 3.05) is 0 Å². The molecule has 0 bridgehead atoms. The largest absolute Gasteiger partial charge is 0.454 e. The maximum Gasteiger partial charge on any atom is 0.405 e. The molecule has 9 heteroatoms. The molecule has 1 amide bonds. The quantitative estimate of drug-likeness (QED) is 0.675. The van der Waals surface area contributed by atoms with E-state index in [4.69, 9.17) is 10.5 Å². The summed E-state index contributed by atoms with van der Waals surface area (Å²) < 4.78 is 76.1. The van der Waals surface area contributed by atoms with Gasteiger partial charge in [0.05, 0.1) is 0 Å². The molecule has 0 aromatic heterocycles. The molecule has 0 heterocycles. The average Bonchev–Trinajstić information content (AvgIpc) is 2.83. The minimum Gasteiger partial charge on any atom is -0.454 e. The summed E-state index contributed by atoms with van der Waals surface area (Å²) in [7, 11) is 0. The van der Waals surface area contributed by atoms with Crippen molar-refractivity contribution in [3.05, 3.63) is 53.1 Å². The van der Waals surface area contributed by atoms with Crippen molar-refractivity contribution in [2.24, 2.45) is 11.1 Å². The highest BCUT2D eigenvalue weighted by atomic mass is 19.3. The number of carbonyl (C=O) groups is 1. The zero-order valence-electron chi connectivity index (χ0n) is 15.5. The maximum absolute atomic E-state index is 14.8. The number of amides is 1. The van der Waals surface area contributed by atoms with Crippen LogP contribution in [0, 0.1) is 17.0 Å². The van der Waals surface area contributed by atoms with Crippen LogP contribution in [-0.2, 0) is 11.2 Å². The first-order valence-corrected chi connectivity index (χ1v) is 8.66. The molecule has 1 unspecified atom stereocenters. The van der Waals surface area contributed by atoms with Gasteiger partial charge in [0, 0.05) is 17.0 Å². The summed E-state index contributed by atoms with van der Waals surface area (Å²) in [4.78, 5) is 11.2. The van der Waals surface area contributed by atoms with Crippen LogP contribution in [0.25, 0.3) is 11.1 Å². The molecule has 2 aromatic carbocycles. The van der Waals surface area contributed by atoms with E-state index in [0.29, 0.717) is 17.5 Å². The molecule has 29 heavy (non-hydrogen) atoms. The van der Waals surface area contributed by atoms with Gasteiger partial charge in [-0.05, 0) is 47.4 Å². The molecule has 4 nitrogen and oxygen atoms in total. The first-order valence-electron chi connectivity index (χ1n) is 8.66. The normalized spacial score (nSPS) is 18.4. The number of primary amides is 1. The summed E-state index contributed by atoms with van der Waals surface area (Å²) in [5, 5.41) is 0. The number of benzene rings is 2. The second-order valence-electron chi connectivity index (χ2n) is 7.49. The van der Waals surface area contributed by atoms with Crippen LogP contribution in [-0.4, -0.2) is 18.9 Å². The van der Waals surface area contributed by atoms with Crippen LogP contribution in [0.5, 0.6) is 5.75 Å². The summed E-state index contributed by atoms with van der Waals surface area (Å²) in [6.07, 6.45) is -7.69.